The van der Waals surface area contributed by atoms with Gasteiger partial charge in [-0.25, -0.2) is 4.79 Å². The van der Waals surface area contributed by atoms with Gasteiger partial charge in [0.05, 0.1) is 19.1 Å². The first-order valence-corrected chi connectivity index (χ1v) is 10.4. The highest BCUT2D eigenvalue weighted by atomic mass is 16.5. The third kappa shape index (κ3) is 5.08. The summed E-state index contributed by atoms with van der Waals surface area (Å²) in [4.78, 5) is 37.9. The van der Waals surface area contributed by atoms with Gasteiger partial charge < -0.3 is 24.8 Å². The molecule has 0 aromatic heterocycles. The molecule has 2 aromatic rings. The van der Waals surface area contributed by atoms with Crippen molar-refractivity contribution in [3.8, 4) is 11.1 Å². The molecule has 2 N–H and O–H groups in total. The fraction of sp³-hybridized carbons (Fsp3) is 0.375. The Labute approximate surface area is 187 Å². The molecule has 0 spiro atoms. The van der Waals surface area contributed by atoms with Crippen LogP contribution in [0.3, 0.4) is 0 Å². The number of alkyl carbamates (subject to hydrolysis) is 1. The lowest BCUT2D eigenvalue weighted by Crippen LogP contribution is -2.51. The van der Waals surface area contributed by atoms with E-state index in [4.69, 9.17) is 9.47 Å². The second kappa shape index (κ2) is 10.3. The van der Waals surface area contributed by atoms with E-state index < -0.39 is 30.4 Å². The Bertz CT molecular complexity index is 946. The predicted octanol–water partition coefficient (Wildman–Crippen LogP) is 2.86. The van der Waals surface area contributed by atoms with Crippen LogP contribution in [0.5, 0.6) is 0 Å². The number of nitrogens with one attached hydrogen (secondary N) is 1. The highest BCUT2D eigenvalue weighted by Crippen LogP contribution is 2.44. The molecule has 0 saturated heterocycles. The van der Waals surface area contributed by atoms with Gasteiger partial charge in [-0.05, 0) is 29.2 Å². The maximum Gasteiger partial charge on any atom is 0.407 e. The number of hydrogen-bond acceptors (Lipinski definition) is 5. The molecule has 0 fully saturated rings. The molecular weight excluding hydrogens is 412 g/mol. The first kappa shape index (κ1) is 23.3. The molecule has 0 aliphatic heterocycles. The van der Waals surface area contributed by atoms with Gasteiger partial charge in [0, 0.05) is 20.1 Å². The van der Waals surface area contributed by atoms with Crippen LogP contribution < -0.4 is 5.32 Å². The van der Waals surface area contributed by atoms with Crippen LogP contribution in [0.4, 0.5) is 4.79 Å². The minimum atomic E-state index is -1.24. The number of amides is 2. The number of rotatable bonds is 9. The van der Waals surface area contributed by atoms with Crippen molar-refractivity contribution in [1.29, 1.82) is 0 Å². The maximum atomic E-state index is 12.8. The van der Waals surface area contributed by atoms with Crippen LogP contribution in [0.1, 0.15) is 30.4 Å². The quantitative estimate of drug-likeness (QED) is 0.621. The zero-order chi connectivity index (χ0) is 23.3. The first-order valence-electron chi connectivity index (χ1n) is 10.4. The van der Waals surface area contributed by atoms with Crippen molar-refractivity contribution in [1.82, 2.24) is 10.2 Å². The number of carbonyl (C=O) groups is 3. The Morgan fingerprint density at radius 1 is 1.06 bits per heavy atom. The molecule has 1 aliphatic rings. The number of carboxylic acid groups (broad SMARTS) is 1. The Morgan fingerprint density at radius 2 is 1.62 bits per heavy atom. The average Bonchev–Trinajstić information content (AvgIpc) is 3.10. The lowest BCUT2D eigenvalue weighted by Gasteiger charge is -2.28. The third-order valence-corrected chi connectivity index (χ3v) is 5.73. The van der Waals surface area contributed by atoms with Gasteiger partial charge in [0.1, 0.15) is 12.6 Å². The molecule has 32 heavy (non-hydrogen) atoms. The lowest BCUT2D eigenvalue weighted by molar-refractivity contribution is -0.143. The number of hydrogen-bond donors (Lipinski definition) is 2. The largest absolute Gasteiger partial charge is 0.481 e. The fourth-order valence-electron chi connectivity index (χ4n) is 3.97. The van der Waals surface area contributed by atoms with Gasteiger partial charge in [-0.2, -0.15) is 0 Å². The van der Waals surface area contributed by atoms with Crippen LogP contribution in [0.25, 0.3) is 11.1 Å². The van der Waals surface area contributed by atoms with Crippen LogP contribution in [0.15, 0.2) is 48.5 Å². The van der Waals surface area contributed by atoms with Crippen molar-refractivity contribution in [2.24, 2.45) is 0 Å². The fourth-order valence-corrected chi connectivity index (χ4v) is 3.97. The average molecular weight is 440 g/mol. The van der Waals surface area contributed by atoms with Crippen LogP contribution in [0.2, 0.25) is 0 Å². The highest BCUT2D eigenvalue weighted by Gasteiger charge is 2.31. The number of benzene rings is 2. The number of nitrogens with zero attached hydrogens (tertiary/aromatic N) is 1. The molecule has 2 aromatic carbocycles. The molecule has 8 heteroatoms. The smallest absolute Gasteiger partial charge is 0.407 e. The summed E-state index contributed by atoms with van der Waals surface area (Å²) in [5, 5.41) is 11.6. The second-order valence-electron chi connectivity index (χ2n) is 7.87. The molecule has 2 unspecified atom stereocenters. The Kier molecular flexibility index (Phi) is 7.48. The molecule has 8 nitrogen and oxygen atoms in total. The summed E-state index contributed by atoms with van der Waals surface area (Å²) < 4.78 is 10.5. The van der Waals surface area contributed by atoms with E-state index in [-0.39, 0.29) is 25.2 Å². The number of carboxylic acids is 1. The third-order valence-electron chi connectivity index (χ3n) is 5.73. The molecule has 170 valence electrons. The SMILES string of the molecule is COCC(C)N(C)C(=O)C(CC(=O)O)NC(=O)OCC1c2ccccc2-c2ccccc21. The minimum Gasteiger partial charge on any atom is -0.481 e. The van der Waals surface area contributed by atoms with Crippen LogP contribution >= 0.6 is 0 Å². The Hall–Kier alpha value is -3.39. The van der Waals surface area contributed by atoms with Crippen molar-refractivity contribution >= 4 is 18.0 Å². The number of ether oxygens (including phenoxy) is 2. The summed E-state index contributed by atoms with van der Waals surface area (Å²) in [7, 11) is 3.05. The van der Waals surface area contributed by atoms with E-state index in [1.54, 1.807) is 14.0 Å². The summed E-state index contributed by atoms with van der Waals surface area (Å²) in [6.07, 6.45) is -1.38. The van der Waals surface area contributed by atoms with Crippen LogP contribution in [-0.4, -0.2) is 67.4 Å². The van der Waals surface area contributed by atoms with Crippen LogP contribution in [-0.2, 0) is 19.1 Å². The highest BCUT2D eigenvalue weighted by molar-refractivity contribution is 5.89. The lowest BCUT2D eigenvalue weighted by atomic mass is 9.98. The van der Waals surface area contributed by atoms with Gasteiger partial charge in [-0.3, -0.25) is 9.59 Å². The van der Waals surface area contributed by atoms with Gasteiger partial charge in [0.15, 0.2) is 0 Å². The number of carbonyl (C=O) groups excluding carboxylic acids is 2. The number of likely N-dealkylation sites (N-methyl/N-ethyl adjacent to an activating group) is 1. The molecule has 0 heterocycles. The van der Waals surface area contributed by atoms with E-state index in [0.29, 0.717) is 0 Å². The van der Waals surface area contributed by atoms with Crippen molar-refractivity contribution < 1.29 is 29.0 Å². The molecule has 2 amide bonds. The monoisotopic (exact) mass is 440 g/mol. The van der Waals surface area contributed by atoms with Crippen LogP contribution in [0, 0.1) is 0 Å². The van der Waals surface area contributed by atoms with Crippen molar-refractivity contribution in [3.63, 3.8) is 0 Å². The van der Waals surface area contributed by atoms with Gasteiger partial charge >= 0.3 is 12.1 Å². The number of aliphatic carboxylic acids is 1. The van der Waals surface area contributed by atoms with E-state index in [0.717, 1.165) is 22.3 Å². The molecule has 3 rings (SSSR count). The first-order chi connectivity index (χ1) is 15.3. The van der Waals surface area contributed by atoms with Crippen molar-refractivity contribution in [2.45, 2.75) is 31.3 Å². The zero-order valence-electron chi connectivity index (χ0n) is 18.4. The maximum absolute atomic E-state index is 12.8. The predicted molar refractivity (Wildman–Crippen MR) is 118 cm³/mol. The second-order valence-corrected chi connectivity index (χ2v) is 7.87. The minimum absolute atomic E-state index is 0.0732. The molecule has 1 aliphatic carbocycles. The summed E-state index contributed by atoms with van der Waals surface area (Å²) in [5.74, 6) is -1.85. The van der Waals surface area contributed by atoms with E-state index in [9.17, 15) is 19.5 Å². The van der Waals surface area contributed by atoms with Crippen molar-refractivity contribution in [3.05, 3.63) is 59.7 Å². The molecular formula is C24H28N2O6. The summed E-state index contributed by atoms with van der Waals surface area (Å²) in [6.45, 7) is 2.13. The summed E-state index contributed by atoms with van der Waals surface area (Å²) in [5.41, 5.74) is 4.33. The molecule has 0 bridgehead atoms. The molecule has 0 radical (unpaired) electrons. The van der Waals surface area contributed by atoms with Gasteiger partial charge in [0.25, 0.3) is 0 Å². The van der Waals surface area contributed by atoms with E-state index >= 15 is 0 Å². The standard InChI is InChI=1S/C24H28N2O6/c1-15(13-31-3)26(2)23(29)21(12-22(27)28)25-24(30)32-14-20-18-10-6-4-8-16(18)17-9-5-7-11-19(17)20/h4-11,15,20-21H,12-14H2,1-3H3,(H,25,30)(H,27,28). The topological polar surface area (TPSA) is 105 Å². The van der Waals surface area contributed by atoms with Gasteiger partial charge in [-0.1, -0.05) is 48.5 Å². The molecule has 0 saturated carbocycles. The number of fused-ring (bicyclic) bond motifs is 3. The molecule has 2 atom stereocenters. The normalized spacial score (nSPS) is 14.1. The zero-order valence-corrected chi connectivity index (χ0v) is 18.4. The number of methoxy groups -OCH3 is 1. The summed E-state index contributed by atoms with van der Waals surface area (Å²) in [6, 6.07) is 14.4. The van der Waals surface area contributed by atoms with Gasteiger partial charge in [-0.15, -0.1) is 0 Å². The Balaban J connectivity index is 1.68. The summed E-state index contributed by atoms with van der Waals surface area (Å²) >= 11 is 0. The van der Waals surface area contributed by atoms with E-state index in [1.165, 1.54) is 12.0 Å². The Morgan fingerprint density at radius 3 is 2.16 bits per heavy atom. The van der Waals surface area contributed by atoms with E-state index in [2.05, 4.69) is 5.32 Å². The van der Waals surface area contributed by atoms with E-state index in [1.807, 2.05) is 48.5 Å². The van der Waals surface area contributed by atoms with Crippen molar-refractivity contribution in [2.75, 3.05) is 27.4 Å². The van der Waals surface area contributed by atoms with Gasteiger partial charge in [0.2, 0.25) is 5.91 Å².